The second-order valence-corrected chi connectivity index (χ2v) is 5.23. The average molecular weight is 271 g/mol. The van der Waals surface area contributed by atoms with E-state index in [-0.39, 0.29) is 5.56 Å². The average Bonchev–Trinajstić information content (AvgIpc) is 2.92. The van der Waals surface area contributed by atoms with Crippen LogP contribution in [-0.2, 0) is 13.1 Å². The number of hydrogen-bond donors (Lipinski definition) is 1. The van der Waals surface area contributed by atoms with E-state index < -0.39 is 0 Å². The number of hydrogen-bond acceptors (Lipinski definition) is 4. The molecule has 0 fully saturated rings. The number of nitrogens with zero attached hydrogens (tertiary/aromatic N) is 2. The summed E-state index contributed by atoms with van der Waals surface area (Å²) in [5, 5.41) is 2.57. The molecule has 2 heterocycles. The van der Waals surface area contributed by atoms with Crippen molar-refractivity contribution in [1.29, 1.82) is 0 Å². The third kappa shape index (κ3) is 2.30. The normalized spacial score (nSPS) is 11.0. The summed E-state index contributed by atoms with van der Waals surface area (Å²) in [6, 6.07) is 9.77. The Balaban J connectivity index is 1.95. The van der Waals surface area contributed by atoms with Crippen LogP contribution >= 0.6 is 11.3 Å². The molecule has 0 aliphatic carbocycles. The van der Waals surface area contributed by atoms with E-state index in [0.717, 1.165) is 16.0 Å². The molecule has 0 radical (unpaired) electrons. The lowest BCUT2D eigenvalue weighted by Gasteiger charge is -2.06. The highest BCUT2D eigenvalue weighted by Crippen LogP contribution is 2.13. The molecule has 0 aliphatic rings. The maximum Gasteiger partial charge on any atom is 0.262 e. The van der Waals surface area contributed by atoms with E-state index in [1.165, 1.54) is 11.3 Å². The van der Waals surface area contributed by atoms with Crippen molar-refractivity contribution in [1.82, 2.24) is 9.55 Å². The predicted octanol–water partition coefficient (Wildman–Crippen LogP) is 1.97. The zero-order valence-electron chi connectivity index (χ0n) is 10.2. The molecule has 0 aliphatic heterocycles. The minimum Gasteiger partial charge on any atom is -0.326 e. The van der Waals surface area contributed by atoms with Crippen molar-refractivity contribution in [3.63, 3.8) is 0 Å². The van der Waals surface area contributed by atoms with Crippen molar-refractivity contribution in [3.05, 3.63) is 63.5 Å². The molecule has 2 aromatic heterocycles. The van der Waals surface area contributed by atoms with Gasteiger partial charge in [-0.2, -0.15) is 0 Å². The van der Waals surface area contributed by atoms with Crippen LogP contribution in [0.4, 0.5) is 0 Å². The monoisotopic (exact) mass is 271 g/mol. The molecular formula is C14H13N3OS. The highest BCUT2D eigenvalue weighted by Gasteiger charge is 2.05. The first kappa shape index (κ1) is 12.1. The standard InChI is InChI=1S/C14H13N3OS/c15-7-10-1-3-11(4-2-10)8-17-9-16-13-12(14(17)18)5-6-19-13/h1-6,9H,7-8,15H2. The lowest BCUT2D eigenvalue weighted by molar-refractivity contribution is 0.749. The summed E-state index contributed by atoms with van der Waals surface area (Å²) >= 11 is 1.48. The van der Waals surface area contributed by atoms with E-state index in [1.54, 1.807) is 10.9 Å². The molecule has 3 aromatic rings. The van der Waals surface area contributed by atoms with Gasteiger partial charge in [0.05, 0.1) is 18.3 Å². The number of aromatic nitrogens is 2. The lowest BCUT2D eigenvalue weighted by Crippen LogP contribution is -2.20. The molecule has 2 N–H and O–H groups in total. The Morgan fingerprint density at radius 3 is 2.63 bits per heavy atom. The van der Waals surface area contributed by atoms with Gasteiger partial charge in [-0.3, -0.25) is 9.36 Å². The number of fused-ring (bicyclic) bond motifs is 1. The van der Waals surface area contributed by atoms with Crippen LogP contribution < -0.4 is 11.3 Å². The van der Waals surface area contributed by atoms with Crippen LogP contribution in [0.3, 0.4) is 0 Å². The summed E-state index contributed by atoms with van der Waals surface area (Å²) in [4.78, 5) is 17.3. The summed E-state index contributed by atoms with van der Waals surface area (Å²) in [5.74, 6) is 0. The van der Waals surface area contributed by atoms with E-state index in [4.69, 9.17) is 5.73 Å². The predicted molar refractivity (Wildman–Crippen MR) is 77.3 cm³/mol. The summed E-state index contributed by atoms with van der Waals surface area (Å²) in [5.41, 5.74) is 7.72. The third-order valence-corrected chi connectivity index (χ3v) is 3.88. The Bertz CT molecular complexity index is 758. The molecular weight excluding hydrogens is 258 g/mol. The molecule has 3 rings (SSSR count). The lowest BCUT2D eigenvalue weighted by atomic mass is 10.1. The van der Waals surface area contributed by atoms with Crippen LogP contribution in [0.25, 0.3) is 10.2 Å². The first-order valence-electron chi connectivity index (χ1n) is 5.98. The fraction of sp³-hybridized carbons (Fsp3) is 0.143. The fourth-order valence-electron chi connectivity index (χ4n) is 1.98. The number of rotatable bonds is 3. The number of thiophene rings is 1. The molecule has 1 aromatic carbocycles. The maximum atomic E-state index is 12.2. The topological polar surface area (TPSA) is 60.9 Å². The van der Waals surface area contributed by atoms with Gasteiger partial charge in [-0.25, -0.2) is 4.98 Å². The van der Waals surface area contributed by atoms with Gasteiger partial charge in [0.2, 0.25) is 0 Å². The largest absolute Gasteiger partial charge is 0.326 e. The molecule has 0 bridgehead atoms. The highest BCUT2D eigenvalue weighted by atomic mass is 32.1. The Labute approximate surface area is 114 Å². The van der Waals surface area contributed by atoms with E-state index in [2.05, 4.69) is 4.98 Å². The van der Waals surface area contributed by atoms with Crippen LogP contribution in [0, 0.1) is 0 Å². The second kappa shape index (κ2) is 4.95. The van der Waals surface area contributed by atoms with Gasteiger partial charge in [0.1, 0.15) is 4.83 Å². The molecule has 0 saturated heterocycles. The first-order valence-corrected chi connectivity index (χ1v) is 6.86. The van der Waals surface area contributed by atoms with Crippen LogP contribution in [0.5, 0.6) is 0 Å². The fourth-order valence-corrected chi connectivity index (χ4v) is 2.71. The quantitative estimate of drug-likeness (QED) is 0.792. The zero-order valence-corrected chi connectivity index (χ0v) is 11.1. The zero-order chi connectivity index (χ0) is 13.2. The Kier molecular flexibility index (Phi) is 3.15. The molecule has 0 atom stereocenters. The minimum absolute atomic E-state index is 0.00847. The van der Waals surface area contributed by atoms with E-state index in [9.17, 15) is 4.79 Å². The van der Waals surface area contributed by atoms with E-state index in [0.29, 0.717) is 18.5 Å². The van der Waals surface area contributed by atoms with Gasteiger partial charge in [-0.05, 0) is 22.6 Å². The van der Waals surface area contributed by atoms with Gasteiger partial charge >= 0.3 is 0 Å². The smallest absolute Gasteiger partial charge is 0.262 e. The molecule has 19 heavy (non-hydrogen) atoms. The molecule has 5 heteroatoms. The molecule has 0 amide bonds. The van der Waals surface area contributed by atoms with Gasteiger partial charge in [-0.1, -0.05) is 24.3 Å². The number of benzene rings is 1. The van der Waals surface area contributed by atoms with Crippen LogP contribution in [-0.4, -0.2) is 9.55 Å². The van der Waals surface area contributed by atoms with Gasteiger partial charge in [0.15, 0.2) is 0 Å². The number of nitrogens with two attached hydrogens (primary N) is 1. The van der Waals surface area contributed by atoms with Crippen molar-refractivity contribution < 1.29 is 0 Å². The summed E-state index contributed by atoms with van der Waals surface area (Å²) in [6.07, 6.45) is 1.61. The Morgan fingerprint density at radius 2 is 1.89 bits per heavy atom. The first-order chi connectivity index (χ1) is 9.28. The Morgan fingerprint density at radius 1 is 1.16 bits per heavy atom. The van der Waals surface area contributed by atoms with Crippen molar-refractivity contribution in [2.45, 2.75) is 13.1 Å². The van der Waals surface area contributed by atoms with E-state index in [1.807, 2.05) is 35.7 Å². The molecule has 0 unspecified atom stereocenters. The summed E-state index contributed by atoms with van der Waals surface area (Å²) in [7, 11) is 0. The molecule has 0 spiro atoms. The molecule has 96 valence electrons. The minimum atomic E-state index is 0.00847. The Hall–Kier alpha value is -1.98. The van der Waals surface area contributed by atoms with Crippen molar-refractivity contribution in [2.75, 3.05) is 0 Å². The maximum absolute atomic E-state index is 12.2. The van der Waals surface area contributed by atoms with Crippen molar-refractivity contribution >= 4 is 21.6 Å². The molecule has 4 nitrogen and oxygen atoms in total. The summed E-state index contributed by atoms with van der Waals surface area (Å²) in [6.45, 7) is 1.06. The van der Waals surface area contributed by atoms with Gasteiger partial charge < -0.3 is 5.73 Å². The third-order valence-electron chi connectivity index (χ3n) is 3.06. The van der Waals surface area contributed by atoms with Crippen LogP contribution in [0.2, 0.25) is 0 Å². The summed E-state index contributed by atoms with van der Waals surface area (Å²) < 4.78 is 1.63. The van der Waals surface area contributed by atoms with Gasteiger partial charge in [-0.15, -0.1) is 11.3 Å². The van der Waals surface area contributed by atoms with Crippen molar-refractivity contribution in [2.24, 2.45) is 5.73 Å². The van der Waals surface area contributed by atoms with Crippen molar-refractivity contribution in [3.8, 4) is 0 Å². The van der Waals surface area contributed by atoms with Crippen LogP contribution in [0.15, 0.2) is 46.8 Å². The van der Waals surface area contributed by atoms with Gasteiger partial charge in [0, 0.05) is 6.54 Å². The van der Waals surface area contributed by atoms with E-state index >= 15 is 0 Å². The van der Waals surface area contributed by atoms with Gasteiger partial charge in [0.25, 0.3) is 5.56 Å². The highest BCUT2D eigenvalue weighted by molar-refractivity contribution is 7.16. The van der Waals surface area contributed by atoms with Crippen LogP contribution in [0.1, 0.15) is 11.1 Å². The SMILES string of the molecule is NCc1ccc(Cn2cnc3sccc3c2=O)cc1. The molecule has 0 saturated carbocycles. The second-order valence-electron chi connectivity index (χ2n) is 4.34.